The molecule has 2 aromatic carbocycles. The molecule has 4 rings (SSSR count). The summed E-state index contributed by atoms with van der Waals surface area (Å²) in [5.74, 6) is 1.58. The molecular weight excluding hydrogens is 400 g/mol. The largest absolute Gasteiger partial charge is 0.496 e. The van der Waals surface area contributed by atoms with E-state index in [1.54, 1.807) is 13.2 Å². The number of methoxy groups -OCH3 is 1. The molecule has 1 aliphatic rings. The van der Waals surface area contributed by atoms with Gasteiger partial charge in [-0.3, -0.25) is 9.69 Å². The maximum atomic E-state index is 12.6. The Morgan fingerprint density at radius 1 is 1.00 bits per heavy atom. The summed E-state index contributed by atoms with van der Waals surface area (Å²) in [6, 6.07) is 21.8. The van der Waals surface area contributed by atoms with Crippen molar-refractivity contribution >= 4 is 11.7 Å². The highest BCUT2D eigenvalue weighted by Gasteiger charge is 2.21. The van der Waals surface area contributed by atoms with Gasteiger partial charge in [0.05, 0.1) is 19.2 Å². The SMILES string of the molecule is COc1cc(-c2cccc(N)n2)ccc1CCN1CCN(C(=O)Cc2ccccc2)CC1. The smallest absolute Gasteiger partial charge is 0.227 e. The summed E-state index contributed by atoms with van der Waals surface area (Å²) in [4.78, 5) is 21.4. The van der Waals surface area contributed by atoms with Gasteiger partial charge in [-0.2, -0.15) is 0 Å². The molecule has 1 aliphatic heterocycles. The number of amides is 1. The topological polar surface area (TPSA) is 71.7 Å². The molecule has 1 aromatic heterocycles. The Labute approximate surface area is 189 Å². The Bertz CT molecular complexity index is 1050. The number of rotatable bonds is 7. The van der Waals surface area contributed by atoms with Crippen LogP contribution >= 0.6 is 0 Å². The molecule has 0 saturated carbocycles. The molecule has 0 radical (unpaired) electrons. The number of benzene rings is 2. The zero-order chi connectivity index (χ0) is 22.3. The number of nitrogens with zero attached hydrogens (tertiary/aromatic N) is 3. The van der Waals surface area contributed by atoms with Crippen LogP contribution in [0.2, 0.25) is 0 Å². The summed E-state index contributed by atoms with van der Waals surface area (Å²) in [7, 11) is 1.70. The number of hydrogen-bond donors (Lipinski definition) is 1. The first-order valence-electron chi connectivity index (χ1n) is 11.1. The van der Waals surface area contributed by atoms with E-state index in [0.29, 0.717) is 12.2 Å². The fraction of sp³-hybridized carbons (Fsp3) is 0.308. The van der Waals surface area contributed by atoms with Crippen LogP contribution in [0.4, 0.5) is 5.82 Å². The molecule has 166 valence electrons. The third-order valence-electron chi connectivity index (χ3n) is 5.97. The van der Waals surface area contributed by atoms with Crippen molar-refractivity contribution in [1.29, 1.82) is 0 Å². The molecule has 1 amide bonds. The third-order valence-corrected chi connectivity index (χ3v) is 5.97. The highest BCUT2D eigenvalue weighted by Crippen LogP contribution is 2.27. The number of ether oxygens (including phenoxy) is 1. The summed E-state index contributed by atoms with van der Waals surface area (Å²) in [5.41, 5.74) is 9.89. The lowest BCUT2D eigenvalue weighted by Gasteiger charge is -2.35. The summed E-state index contributed by atoms with van der Waals surface area (Å²) < 4.78 is 5.65. The van der Waals surface area contributed by atoms with Gasteiger partial charge in [0.2, 0.25) is 5.91 Å². The molecule has 0 aliphatic carbocycles. The number of carbonyl (C=O) groups is 1. The predicted molar refractivity (Wildman–Crippen MR) is 128 cm³/mol. The highest BCUT2D eigenvalue weighted by molar-refractivity contribution is 5.78. The molecule has 0 spiro atoms. The Balaban J connectivity index is 1.30. The van der Waals surface area contributed by atoms with Gasteiger partial charge in [-0.15, -0.1) is 0 Å². The average Bonchev–Trinajstić information content (AvgIpc) is 2.83. The van der Waals surface area contributed by atoms with Crippen LogP contribution in [-0.4, -0.2) is 60.5 Å². The summed E-state index contributed by atoms with van der Waals surface area (Å²) in [6.45, 7) is 4.29. The number of pyridine rings is 1. The number of anilines is 1. The number of piperazine rings is 1. The number of carbonyl (C=O) groups excluding carboxylic acids is 1. The van der Waals surface area contributed by atoms with Crippen LogP contribution in [0.15, 0.2) is 66.7 Å². The zero-order valence-corrected chi connectivity index (χ0v) is 18.5. The van der Waals surface area contributed by atoms with Crippen LogP contribution < -0.4 is 10.5 Å². The van der Waals surface area contributed by atoms with Crippen LogP contribution in [-0.2, 0) is 17.6 Å². The van der Waals surface area contributed by atoms with E-state index in [0.717, 1.165) is 61.7 Å². The zero-order valence-electron chi connectivity index (χ0n) is 18.5. The maximum Gasteiger partial charge on any atom is 0.227 e. The van der Waals surface area contributed by atoms with Crippen molar-refractivity contribution in [3.8, 4) is 17.0 Å². The molecule has 1 fully saturated rings. The molecule has 6 nitrogen and oxygen atoms in total. The quantitative estimate of drug-likeness (QED) is 0.623. The van der Waals surface area contributed by atoms with E-state index >= 15 is 0 Å². The van der Waals surface area contributed by atoms with Crippen molar-refractivity contribution < 1.29 is 9.53 Å². The van der Waals surface area contributed by atoms with E-state index in [4.69, 9.17) is 10.5 Å². The standard InChI is InChI=1S/C26H30N4O2/c1-32-24-19-22(23-8-5-9-25(27)28-23)11-10-21(24)12-13-29-14-16-30(17-15-29)26(31)18-20-6-3-2-4-7-20/h2-11,19H,12-18H2,1H3,(H2,27,28). The first kappa shape index (κ1) is 21.8. The van der Waals surface area contributed by atoms with Gasteiger partial charge in [0.1, 0.15) is 11.6 Å². The van der Waals surface area contributed by atoms with Crippen molar-refractivity contribution in [2.24, 2.45) is 0 Å². The van der Waals surface area contributed by atoms with Gasteiger partial charge in [-0.25, -0.2) is 4.98 Å². The van der Waals surface area contributed by atoms with E-state index in [-0.39, 0.29) is 5.91 Å². The molecule has 3 aromatic rings. The van der Waals surface area contributed by atoms with Crippen LogP contribution in [0, 0.1) is 0 Å². The number of nitrogen functional groups attached to an aromatic ring is 1. The Kier molecular flexibility index (Phi) is 7.02. The van der Waals surface area contributed by atoms with Gasteiger partial charge in [0, 0.05) is 38.3 Å². The number of aromatic nitrogens is 1. The van der Waals surface area contributed by atoms with Gasteiger partial charge in [-0.05, 0) is 35.7 Å². The van der Waals surface area contributed by atoms with Crippen LogP contribution in [0.3, 0.4) is 0 Å². The van der Waals surface area contributed by atoms with Gasteiger partial charge in [0.15, 0.2) is 0 Å². The van der Waals surface area contributed by atoms with Crippen molar-refractivity contribution in [2.75, 3.05) is 45.6 Å². The van der Waals surface area contributed by atoms with Crippen molar-refractivity contribution in [3.63, 3.8) is 0 Å². The second-order valence-electron chi connectivity index (χ2n) is 8.11. The van der Waals surface area contributed by atoms with E-state index in [2.05, 4.69) is 22.0 Å². The van der Waals surface area contributed by atoms with E-state index in [9.17, 15) is 4.79 Å². The lowest BCUT2D eigenvalue weighted by Crippen LogP contribution is -2.49. The maximum absolute atomic E-state index is 12.6. The minimum atomic E-state index is 0.211. The second-order valence-corrected chi connectivity index (χ2v) is 8.11. The van der Waals surface area contributed by atoms with Gasteiger partial charge < -0.3 is 15.4 Å². The lowest BCUT2D eigenvalue weighted by molar-refractivity contribution is -0.132. The number of hydrogen-bond acceptors (Lipinski definition) is 5. The molecule has 2 heterocycles. The first-order valence-corrected chi connectivity index (χ1v) is 11.1. The molecule has 32 heavy (non-hydrogen) atoms. The third kappa shape index (κ3) is 5.45. The molecule has 0 bridgehead atoms. The summed E-state index contributed by atoms with van der Waals surface area (Å²) in [6.07, 6.45) is 1.37. The van der Waals surface area contributed by atoms with Crippen molar-refractivity contribution in [2.45, 2.75) is 12.8 Å². The average molecular weight is 431 g/mol. The second kappa shape index (κ2) is 10.3. The fourth-order valence-corrected chi connectivity index (χ4v) is 4.10. The normalized spacial score (nSPS) is 14.3. The summed E-state index contributed by atoms with van der Waals surface area (Å²) >= 11 is 0. The van der Waals surface area contributed by atoms with E-state index < -0.39 is 0 Å². The van der Waals surface area contributed by atoms with Crippen LogP contribution in [0.25, 0.3) is 11.3 Å². The lowest BCUT2D eigenvalue weighted by atomic mass is 10.0. The molecule has 6 heteroatoms. The number of nitrogens with two attached hydrogens (primary N) is 1. The van der Waals surface area contributed by atoms with Crippen LogP contribution in [0.1, 0.15) is 11.1 Å². The molecule has 0 atom stereocenters. The monoisotopic (exact) mass is 430 g/mol. The van der Waals surface area contributed by atoms with E-state index in [1.807, 2.05) is 53.4 Å². The Morgan fingerprint density at radius 3 is 2.50 bits per heavy atom. The highest BCUT2D eigenvalue weighted by atomic mass is 16.5. The van der Waals surface area contributed by atoms with Gasteiger partial charge >= 0.3 is 0 Å². The van der Waals surface area contributed by atoms with Crippen LogP contribution in [0.5, 0.6) is 5.75 Å². The Morgan fingerprint density at radius 2 is 1.78 bits per heavy atom. The minimum Gasteiger partial charge on any atom is -0.496 e. The first-order chi connectivity index (χ1) is 15.6. The Hall–Kier alpha value is -3.38. The van der Waals surface area contributed by atoms with Crippen molar-refractivity contribution in [1.82, 2.24) is 14.8 Å². The van der Waals surface area contributed by atoms with Gasteiger partial charge in [0.25, 0.3) is 0 Å². The molecule has 0 unspecified atom stereocenters. The summed E-state index contributed by atoms with van der Waals surface area (Å²) in [5, 5.41) is 0. The predicted octanol–water partition coefficient (Wildman–Crippen LogP) is 3.27. The molecule has 1 saturated heterocycles. The minimum absolute atomic E-state index is 0.211. The van der Waals surface area contributed by atoms with Gasteiger partial charge in [-0.1, -0.05) is 48.5 Å². The van der Waals surface area contributed by atoms with Crippen molar-refractivity contribution in [3.05, 3.63) is 77.9 Å². The molecular formula is C26H30N4O2. The fourth-order valence-electron chi connectivity index (χ4n) is 4.10. The van der Waals surface area contributed by atoms with E-state index in [1.165, 1.54) is 5.56 Å². The molecule has 2 N–H and O–H groups in total.